The zero-order chi connectivity index (χ0) is 23.1. The van der Waals surface area contributed by atoms with Crippen LogP contribution < -0.4 is 10.5 Å². The number of nitrogens with zero attached hydrogens (tertiary/aromatic N) is 2. The SMILES string of the molecule is CCN(CC)CCc1cc(N(OC)C(=O)c2ccc(C(=O)NO)cc2)cc2ccccc12. The third-order valence-corrected chi connectivity index (χ3v) is 5.62. The molecule has 0 spiro atoms. The fraction of sp³-hybridized carbons (Fsp3) is 0.280. The van der Waals surface area contributed by atoms with Crippen molar-refractivity contribution in [2.24, 2.45) is 0 Å². The van der Waals surface area contributed by atoms with Crippen LogP contribution in [-0.4, -0.2) is 48.7 Å². The molecule has 3 rings (SSSR count). The van der Waals surface area contributed by atoms with E-state index in [9.17, 15) is 9.59 Å². The average Bonchev–Trinajstić information content (AvgIpc) is 2.84. The van der Waals surface area contributed by atoms with E-state index in [0.717, 1.165) is 42.4 Å². The molecule has 0 aliphatic heterocycles. The highest BCUT2D eigenvalue weighted by molar-refractivity contribution is 6.06. The molecule has 168 valence electrons. The van der Waals surface area contributed by atoms with Gasteiger partial charge in [0.1, 0.15) is 0 Å². The van der Waals surface area contributed by atoms with E-state index >= 15 is 0 Å². The molecule has 2 amide bonds. The molecule has 0 radical (unpaired) electrons. The monoisotopic (exact) mass is 435 g/mol. The maximum absolute atomic E-state index is 13.2. The Kier molecular flexibility index (Phi) is 7.94. The molecule has 0 saturated carbocycles. The maximum Gasteiger partial charge on any atom is 0.282 e. The van der Waals surface area contributed by atoms with E-state index in [4.69, 9.17) is 10.0 Å². The van der Waals surface area contributed by atoms with E-state index in [1.54, 1.807) is 5.48 Å². The maximum atomic E-state index is 13.2. The normalized spacial score (nSPS) is 11.0. The van der Waals surface area contributed by atoms with Crippen LogP contribution in [0.3, 0.4) is 0 Å². The van der Waals surface area contributed by atoms with Gasteiger partial charge in [0.25, 0.3) is 11.8 Å². The number of amides is 2. The van der Waals surface area contributed by atoms with Gasteiger partial charge in [0.05, 0.1) is 12.8 Å². The summed E-state index contributed by atoms with van der Waals surface area (Å²) < 4.78 is 0. The quantitative estimate of drug-likeness (QED) is 0.391. The summed E-state index contributed by atoms with van der Waals surface area (Å²) in [5, 5.41) is 12.2. The lowest BCUT2D eigenvalue weighted by atomic mass is 10.0. The van der Waals surface area contributed by atoms with E-state index in [0.29, 0.717) is 11.3 Å². The van der Waals surface area contributed by atoms with Gasteiger partial charge in [-0.2, -0.15) is 5.06 Å². The molecule has 7 heteroatoms. The summed E-state index contributed by atoms with van der Waals surface area (Å²) in [6.45, 7) is 7.20. The molecule has 32 heavy (non-hydrogen) atoms. The fourth-order valence-corrected chi connectivity index (χ4v) is 3.77. The number of hydroxylamine groups is 2. The van der Waals surface area contributed by atoms with Crippen molar-refractivity contribution in [3.8, 4) is 0 Å². The molecule has 0 bridgehead atoms. The molecule has 0 aromatic heterocycles. The van der Waals surface area contributed by atoms with Crippen molar-refractivity contribution < 1.29 is 19.6 Å². The number of carbonyl (C=O) groups excluding carboxylic acids is 2. The van der Waals surface area contributed by atoms with E-state index < -0.39 is 5.91 Å². The Labute approximate surface area is 188 Å². The summed E-state index contributed by atoms with van der Waals surface area (Å²) in [5.41, 5.74) is 3.98. The second kappa shape index (κ2) is 10.9. The van der Waals surface area contributed by atoms with Crippen molar-refractivity contribution >= 4 is 28.3 Å². The highest BCUT2D eigenvalue weighted by Gasteiger charge is 2.20. The smallest absolute Gasteiger partial charge is 0.282 e. The summed E-state index contributed by atoms with van der Waals surface area (Å²) in [6.07, 6.45) is 0.854. The van der Waals surface area contributed by atoms with Gasteiger partial charge < -0.3 is 4.90 Å². The fourth-order valence-electron chi connectivity index (χ4n) is 3.77. The second-order valence-corrected chi connectivity index (χ2v) is 7.40. The van der Waals surface area contributed by atoms with Gasteiger partial charge in [-0.3, -0.25) is 19.6 Å². The predicted octanol–water partition coefficient (Wildman–Crippen LogP) is 4.05. The standard InChI is InChI=1S/C25H29N3O4/c1-4-27(5-2)15-14-21-17-22(16-20-8-6-7-9-23(20)21)28(32-3)25(30)19-12-10-18(11-13-19)24(29)26-31/h6-13,16-17,31H,4-5,14-15H2,1-3H3,(H,26,29). The van der Waals surface area contributed by atoms with Gasteiger partial charge >= 0.3 is 0 Å². The summed E-state index contributed by atoms with van der Waals surface area (Å²) in [5.74, 6) is -0.992. The Balaban J connectivity index is 1.95. The molecule has 0 saturated heterocycles. The lowest BCUT2D eigenvalue weighted by Gasteiger charge is -2.23. The minimum Gasteiger partial charge on any atom is -0.304 e. The Bertz CT molecular complexity index is 1080. The molecule has 0 heterocycles. The van der Waals surface area contributed by atoms with Gasteiger partial charge in [-0.25, -0.2) is 5.48 Å². The van der Waals surface area contributed by atoms with Gasteiger partial charge in [-0.15, -0.1) is 0 Å². The van der Waals surface area contributed by atoms with Gasteiger partial charge in [-0.05, 0) is 72.2 Å². The van der Waals surface area contributed by atoms with E-state index in [1.807, 2.05) is 30.3 Å². The minimum atomic E-state index is -0.639. The average molecular weight is 436 g/mol. The van der Waals surface area contributed by atoms with Crippen LogP contribution in [0.5, 0.6) is 0 Å². The van der Waals surface area contributed by atoms with Gasteiger partial charge in [0, 0.05) is 17.7 Å². The second-order valence-electron chi connectivity index (χ2n) is 7.40. The number of likely N-dealkylation sites (N-methyl/N-ethyl adjacent to an activating group) is 1. The Morgan fingerprint density at radius 3 is 2.25 bits per heavy atom. The Morgan fingerprint density at radius 2 is 1.62 bits per heavy atom. The summed E-state index contributed by atoms with van der Waals surface area (Å²) in [6, 6.07) is 18.1. The van der Waals surface area contributed by atoms with Crippen molar-refractivity contribution in [2.45, 2.75) is 20.3 Å². The van der Waals surface area contributed by atoms with Crippen LogP contribution in [0.4, 0.5) is 5.69 Å². The predicted molar refractivity (Wildman–Crippen MR) is 125 cm³/mol. The zero-order valence-corrected chi connectivity index (χ0v) is 18.7. The van der Waals surface area contributed by atoms with Crippen molar-refractivity contribution in [1.82, 2.24) is 10.4 Å². The van der Waals surface area contributed by atoms with Gasteiger partial charge in [-0.1, -0.05) is 38.1 Å². The molecule has 0 aliphatic carbocycles. The number of anilines is 1. The first kappa shape index (κ1) is 23.4. The van der Waals surface area contributed by atoms with Crippen LogP contribution in [0, 0.1) is 0 Å². The number of hydrogen-bond donors (Lipinski definition) is 2. The Morgan fingerprint density at radius 1 is 0.969 bits per heavy atom. The molecule has 3 aromatic rings. The van der Waals surface area contributed by atoms with E-state index in [2.05, 4.69) is 24.8 Å². The summed E-state index contributed by atoms with van der Waals surface area (Å²) >= 11 is 0. The van der Waals surface area contributed by atoms with Gasteiger partial charge in [0.2, 0.25) is 0 Å². The first-order chi connectivity index (χ1) is 15.5. The zero-order valence-electron chi connectivity index (χ0n) is 18.7. The van der Waals surface area contributed by atoms with E-state index in [1.165, 1.54) is 36.4 Å². The number of nitrogens with one attached hydrogen (secondary N) is 1. The van der Waals surface area contributed by atoms with Crippen LogP contribution in [0.1, 0.15) is 40.1 Å². The molecular formula is C25H29N3O4. The number of fused-ring (bicyclic) bond motifs is 1. The number of rotatable bonds is 9. The molecule has 3 aromatic carbocycles. The summed E-state index contributed by atoms with van der Waals surface area (Å²) in [7, 11) is 1.45. The molecule has 0 atom stereocenters. The molecule has 0 aliphatic rings. The summed E-state index contributed by atoms with van der Waals surface area (Å²) in [4.78, 5) is 32.6. The molecule has 2 N–H and O–H groups in total. The first-order valence-electron chi connectivity index (χ1n) is 10.7. The number of carbonyl (C=O) groups is 2. The highest BCUT2D eigenvalue weighted by Crippen LogP contribution is 2.28. The van der Waals surface area contributed by atoms with Crippen LogP contribution in [0.25, 0.3) is 10.8 Å². The third kappa shape index (κ3) is 5.13. The van der Waals surface area contributed by atoms with Gasteiger partial charge in [0.15, 0.2) is 0 Å². The largest absolute Gasteiger partial charge is 0.304 e. The van der Waals surface area contributed by atoms with Crippen molar-refractivity contribution in [3.05, 3.63) is 77.4 Å². The van der Waals surface area contributed by atoms with Crippen molar-refractivity contribution in [2.75, 3.05) is 31.8 Å². The van der Waals surface area contributed by atoms with Crippen LogP contribution in [0.15, 0.2) is 60.7 Å². The highest BCUT2D eigenvalue weighted by atomic mass is 16.7. The topological polar surface area (TPSA) is 82.1 Å². The lowest BCUT2D eigenvalue weighted by Crippen LogP contribution is -2.30. The molecule has 0 fully saturated rings. The van der Waals surface area contributed by atoms with Crippen molar-refractivity contribution in [3.63, 3.8) is 0 Å². The third-order valence-electron chi connectivity index (χ3n) is 5.62. The van der Waals surface area contributed by atoms with Crippen LogP contribution in [0.2, 0.25) is 0 Å². The molecular weight excluding hydrogens is 406 g/mol. The molecule has 7 nitrogen and oxygen atoms in total. The Hall–Kier alpha value is -3.26. The minimum absolute atomic E-state index is 0.248. The van der Waals surface area contributed by atoms with E-state index in [-0.39, 0.29) is 11.5 Å². The lowest BCUT2D eigenvalue weighted by molar-refractivity contribution is 0.0705. The van der Waals surface area contributed by atoms with Crippen molar-refractivity contribution in [1.29, 1.82) is 0 Å². The number of hydrogen-bond acceptors (Lipinski definition) is 5. The first-order valence-corrected chi connectivity index (χ1v) is 10.7. The van der Waals surface area contributed by atoms with Crippen LogP contribution >= 0.6 is 0 Å². The number of benzene rings is 3. The van der Waals surface area contributed by atoms with Crippen LogP contribution in [-0.2, 0) is 11.3 Å². The molecule has 0 unspecified atom stereocenters.